The normalized spacial score (nSPS) is 12.3. The smallest absolute Gasteiger partial charge is 0.407 e. The van der Waals surface area contributed by atoms with Crippen molar-refractivity contribution < 1.29 is 28.7 Å². The van der Waals surface area contributed by atoms with E-state index >= 15 is 0 Å². The van der Waals surface area contributed by atoms with Gasteiger partial charge in [0.2, 0.25) is 11.8 Å². The lowest BCUT2D eigenvalue weighted by Gasteiger charge is -2.33. The molecule has 0 aliphatic rings. The first-order chi connectivity index (χ1) is 19.6. The molecule has 13 nitrogen and oxygen atoms in total. The number of esters is 1. The Labute approximate surface area is 244 Å². The molecule has 2 aromatic rings. The monoisotopic (exact) mass is 581 g/mol. The number of nitrogens with two attached hydrogens (primary N) is 2. The molecule has 0 aliphatic heterocycles. The molecule has 0 heterocycles. The van der Waals surface area contributed by atoms with Gasteiger partial charge < -0.3 is 36.9 Å². The number of carbonyl (C=O) groups is 4. The first-order valence-corrected chi connectivity index (χ1v) is 13.1. The summed E-state index contributed by atoms with van der Waals surface area (Å²) >= 11 is 0. The van der Waals surface area contributed by atoms with Crippen molar-refractivity contribution in [3.05, 3.63) is 70.8 Å². The first-order valence-electron chi connectivity index (χ1n) is 13.1. The van der Waals surface area contributed by atoms with Gasteiger partial charge in [0, 0.05) is 30.5 Å². The molecule has 0 spiro atoms. The van der Waals surface area contributed by atoms with Crippen LogP contribution in [0.4, 0.5) is 4.79 Å². The van der Waals surface area contributed by atoms with E-state index in [1.165, 1.54) is 0 Å². The predicted octanol–water partition coefficient (Wildman–Crippen LogP) is 1.45. The number of amidine groups is 2. The van der Waals surface area contributed by atoms with Gasteiger partial charge in [0.25, 0.3) is 0 Å². The van der Waals surface area contributed by atoms with Crippen molar-refractivity contribution in [2.75, 3.05) is 13.7 Å². The van der Waals surface area contributed by atoms with Crippen molar-refractivity contribution in [2.24, 2.45) is 11.5 Å². The van der Waals surface area contributed by atoms with Crippen LogP contribution in [0.25, 0.3) is 0 Å². The van der Waals surface area contributed by atoms with Crippen molar-refractivity contribution >= 4 is 35.5 Å². The fourth-order valence-electron chi connectivity index (χ4n) is 3.99. The maximum absolute atomic E-state index is 13.7. The standard InChI is InChI=1S/C29H39N7O6/c1-28(2,3)42-23(38)12-13-29(36-27(40)41-4,15-19-6-5-7-21(14-19)25(32)33)26(39)35-17-22(37)34-16-18-8-10-20(11-9-18)24(30)31/h5-11,14H,12-13,15-17H2,1-4H3,(H3,30,31)(H3,32,33)(H,34,37)(H,35,39)(H,36,40)/t29-/m1/s1. The van der Waals surface area contributed by atoms with E-state index < -0.39 is 41.6 Å². The summed E-state index contributed by atoms with van der Waals surface area (Å²) in [6.45, 7) is 4.87. The van der Waals surface area contributed by atoms with Crippen LogP contribution >= 0.6 is 0 Å². The number of benzene rings is 2. The number of hydrogen-bond donors (Lipinski definition) is 7. The topological polar surface area (TPSA) is 223 Å². The zero-order valence-electron chi connectivity index (χ0n) is 24.3. The van der Waals surface area contributed by atoms with Crippen LogP contribution in [0.5, 0.6) is 0 Å². The molecule has 42 heavy (non-hydrogen) atoms. The molecule has 0 aliphatic carbocycles. The fourth-order valence-corrected chi connectivity index (χ4v) is 3.99. The number of ether oxygens (including phenoxy) is 2. The van der Waals surface area contributed by atoms with E-state index in [1.54, 1.807) is 69.3 Å². The van der Waals surface area contributed by atoms with Gasteiger partial charge in [-0.1, -0.05) is 42.5 Å². The molecule has 226 valence electrons. The fraction of sp³-hybridized carbons (Fsp3) is 0.379. The van der Waals surface area contributed by atoms with Crippen LogP contribution in [0.15, 0.2) is 48.5 Å². The Balaban J connectivity index is 2.27. The second kappa shape index (κ2) is 14.6. The van der Waals surface area contributed by atoms with E-state index in [-0.39, 0.29) is 37.5 Å². The van der Waals surface area contributed by atoms with Gasteiger partial charge in [-0.25, -0.2) is 4.79 Å². The highest BCUT2D eigenvalue weighted by Crippen LogP contribution is 2.23. The summed E-state index contributed by atoms with van der Waals surface area (Å²) in [7, 11) is 1.14. The molecule has 0 aromatic heterocycles. The van der Waals surface area contributed by atoms with Crippen LogP contribution in [0.1, 0.15) is 55.9 Å². The van der Waals surface area contributed by atoms with Gasteiger partial charge in [0.1, 0.15) is 22.8 Å². The lowest BCUT2D eigenvalue weighted by atomic mass is 9.84. The van der Waals surface area contributed by atoms with Crippen molar-refractivity contribution in [3.63, 3.8) is 0 Å². The third-order valence-electron chi connectivity index (χ3n) is 6.05. The van der Waals surface area contributed by atoms with Crippen molar-refractivity contribution in [1.29, 1.82) is 10.8 Å². The van der Waals surface area contributed by atoms with E-state index in [0.29, 0.717) is 16.7 Å². The van der Waals surface area contributed by atoms with Gasteiger partial charge in [-0.3, -0.25) is 25.2 Å². The van der Waals surface area contributed by atoms with E-state index in [1.807, 2.05) is 0 Å². The number of methoxy groups -OCH3 is 1. The summed E-state index contributed by atoms with van der Waals surface area (Å²) in [6, 6.07) is 13.3. The Kier molecular flexibility index (Phi) is 11.6. The molecular weight excluding hydrogens is 542 g/mol. The van der Waals surface area contributed by atoms with Gasteiger partial charge in [-0.15, -0.1) is 0 Å². The number of amides is 3. The number of carbonyl (C=O) groups excluding carboxylic acids is 4. The molecule has 1 atom stereocenters. The average molecular weight is 582 g/mol. The minimum Gasteiger partial charge on any atom is -0.460 e. The maximum Gasteiger partial charge on any atom is 0.407 e. The van der Waals surface area contributed by atoms with Crippen molar-refractivity contribution in [2.45, 2.75) is 57.7 Å². The van der Waals surface area contributed by atoms with Crippen LogP contribution in [-0.2, 0) is 36.8 Å². The zero-order valence-corrected chi connectivity index (χ0v) is 24.3. The Morgan fingerprint density at radius 3 is 2.10 bits per heavy atom. The molecule has 0 fully saturated rings. The van der Waals surface area contributed by atoms with Crippen LogP contribution in [0, 0.1) is 10.8 Å². The first kappa shape index (κ1) is 33.3. The molecule has 0 saturated carbocycles. The molecule has 0 bridgehead atoms. The van der Waals surface area contributed by atoms with Gasteiger partial charge in [-0.2, -0.15) is 0 Å². The molecule has 0 saturated heterocycles. The highest BCUT2D eigenvalue weighted by molar-refractivity contribution is 5.96. The molecule has 0 unspecified atom stereocenters. The van der Waals surface area contributed by atoms with Crippen LogP contribution in [0.3, 0.4) is 0 Å². The third-order valence-corrected chi connectivity index (χ3v) is 6.05. The lowest BCUT2D eigenvalue weighted by molar-refractivity contribution is -0.155. The highest BCUT2D eigenvalue weighted by Gasteiger charge is 2.41. The van der Waals surface area contributed by atoms with Gasteiger partial charge in [0.05, 0.1) is 13.7 Å². The molecule has 2 rings (SSSR count). The summed E-state index contributed by atoms with van der Waals surface area (Å²) in [5.41, 5.74) is 10.8. The number of alkyl carbamates (subject to hydrolysis) is 1. The van der Waals surface area contributed by atoms with Crippen molar-refractivity contribution in [3.8, 4) is 0 Å². The molecule has 9 N–H and O–H groups in total. The molecule has 13 heteroatoms. The molecule has 0 radical (unpaired) electrons. The largest absolute Gasteiger partial charge is 0.460 e. The summed E-state index contributed by atoms with van der Waals surface area (Å²) < 4.78 is 10.2. The zero-order chi connectivity index (χ0) is 31.5. The highest BCUT2D eigenvalue weighted by atomic mass is 16.6. The summed E-state index contributed by atoms with van der Waals surface area (Å²) in [6.07, 6.45) is -1.45. The number of hydrogen-bond acceptors (Lipinski definition) is 8. The Morgan fingerprint density at radius 1 is 0.881 bits per heavy atom. The van der Waals surface area contributed by atoms with E-state index in [9.17, 15) is 19.2 Å². The second-order valence-corrected chi connectivity index (χ2v) is 10.6. The summed E-state index contributed by atoms with van der Waals surface area (Å²) in [4.78, 5) is 51.4. The number of rotatable bonds is 13. The van der Waals surface area contributed by atoms with Gasteiger partial charge in [-0.05, 0) is 44.4 Å². The summed E-state index contributed by atoms with van der Waals surface area (Å²) in [5, 5.41) is 23.0. The van der Waals surface area contributed by atoms with Gasteiger partial charge >= 0.3 is 12.1 Å². The Bertz CT molecular complexity index is 1320. The average Bonchev–Trinajstić information content (AvgIpc) is 2.92. The van der Waals surface area contributed by atoms with Gasteiger partial charge in [0.15, 0.2) is 0 Å². The third kappa shape index (κ3) is 10.6. The molecule has 2 aromatic carbocycles. The van der Waals surface area contributed by atoms with E-state index in [4.69, 9.17) is 31.8 Å². The quantitative estimate of drug-likeness (QED) is 0.104. The van der Waals surface area contributed by atoms with Crippen LogP contribution in [-0.4, -0.2) is 60.3 Å². The minimum atomic E-state index is -1.73. The van der Waals surface area contributed by atoms with Crippen LogP contribution < -0.4 is 27.4 Å². The van der Waals surface area contributed by atoms with Crippen molar-refractivity contribution in [1.82, 2.24) is 16.0 Å². The summed E-state index contributed by atoms with van der Waals surface area (Å²) in [5.74, 6) is -2.08. The Hall–Kier alpha value is -4.94. The maximum atomic E-state index is 13.7. The lowest BCUT2D eigenvalue weighted by Crippen LogP contribution is -2.61. The Morgan fingerprint density at radius 2 is 1.52 bits per heavy atom. The number of nitrogens with one attached hydrogen (secondary N) is 5. The van der Waals surface area contributed by atoms with Crippen LogP contribution in [0.2, 0.25) is 0 Å². The van der Waals surface area contributed by atoms with E-state index in [0.717, 1.165) is 12.7 Å². The predicted molar refractivity (Wildman–Crippen MR) is 157 cm³/mol. The molecular formula is C29H39N7O6. The minimum absolute atomic E-state index is 0.0722. The van der Waals surface area contributed by atoms with E-state index in [2.05, 4.69) is 16.0 Å². The second-order valence-electron chi connectivity index (χ2n) is 10.6. The molecule has 3 amide bonds. The number of nitrogen functional groups attached to an aromatic ring is 2. The SMILES string of the molecule is COC(=O)N[C@](CCC(=O)OC(C)(C)C)(Cc1cccc(C(=N)N)c1)C(=O)NCC(=O)NCc1ccc(C(=N)N)cc1.